The predicted octanol–water partition coefficient (Wildman–Crippen LogP) is 4.20. The number of H-pyrrole nitrogens is 1. The first-order chi connectivity index (χ1) is 12.4. The van der Waals surface area contributed by atoms with Crippen LogP contribution in [0.3, 0.4) is 0 Å². The summed E-state index contributed by atoms with van der Waals surface area (Å²) in [6, 6.07) is 11.9. The van der Waals surface area contributed by atoms with Crippen LogP contribution in [0.4, 0.5) is 10.8 Å². The van der Waals surface area contributed by atoms with Crippen molar-refractivity contribution in [1.29, 1.82) is 0 Å². The molecule has 2 N–H and O–H groups in total. The smallest absolute Gasteiger partial charge is 0.187 e. The number of nitrogens with zero attached hydrogens (tertiary/aromatic N) is 2. The van der Waals surface area contributed by atoms with Gasteiger partial charge in [-0.05, 0) is 30.3 Å². The van der Waals surface area contributed by atoms with Gasteiger partial charge in [-0.25, -0.2) is 4.98 Å². The summed E-state index contributed by atoms with van der Waals surface area (Å²) in [4.78, 5) is 4.70. The minimum atomic E-state index is 0.578. The van der Waals surface area contributed by atoms with Gasteiger partial charge < -0.3 is 14.8 Å². The Morgan fingerprint density at radius 1 is 1.08 bits per heavy atom. The van der Waals surface area contributed by atoms with Crippen LogP contribution in [0.2, 0.25) is 0 Å². The number of benzene rings is 2. The number of nitrogens with one attached hydrogen (secondary N) is 2. The molecule has 25 heavy (non-hydrogen) atoms. The van der Waals surface area contributed by atoms with Crippen molar-refractivity contribution in [2.75, 3.05) is 18.5 Å². The van der Waals surface area contributed by atoms with E-state index < -0.39 is 0 Å². The number of hydrogen-bond donors (Lipinski definition) is 2. The highest BCUT2D eigenvalue weighted by atomic mass is 32.1. The minimum Gasteiger partial charge on any atom is -0.486 e. The van der Waals surface area contributed by atoms with Crippen molar-refractivity contribution in [3.63, 3.8) is 0 Å². The number of rotatable bonds is 3. The van der Waals surface area contributed by atoms with Crippen LogP contribution in [-0.4, -0.2) is 28.4 Å². The van der Waals surface area contributed by atoms with E-state index in [0.29, 0.717) is 13.2 Å². The Labute approximate surface area is 147 Å². The van der Waals surface area contributed by atoms with Crippen LogP contribution in [0.5, 0.6) is 11.5 Å². The van der Waals surface area contributed by atoms with Crippen LogP contribution in [0.15, 0.2) is 48.0 Å². The van der Waals surface area contributed by atoms with Gasteiger partial charge in [0.15, 0.2) is 16.6 Å². The van der Waals surface area contributed by atoms with Crippen LogP contribution in [0.25, 0.3) is 22.2 Å². The Hall–Kier alpha value is -3.06. The zero-order valence-electron chi connectivity index (χ0n) is 13.2. The van der Waals surface area contributed by atoms with Gasteiger partial charge in [-0.2, -0.15) is 5.10 Å². The quantitative estimate of drug-likeness (QED) is 0.579. The molecule has 2 aromatic carbocycles. The van der Waals surface area contributed by atoms with Crippen molar-refractivity contribution >= 4 is 33.1 Å². The molecule has 0 amide bonds. The van der Waals surface area contributed by atoms with E-state index in [4.69, 9.17) is 14.5 Å². The third-order valence-corrected chi connectivity index (χ3v) is 4.83. The highest BCUT2D eigenvalue weighted by Gasteiger charge is 2.14. The standard InChI is InChI=1S/C18H14N4O2S/c1-2-13(12-9-19-22-14(12)3-1)20-18-21-15(10-25-18)11-4-5-16-17(8-11)24-7-6-23-16/h1-5,8-10H,6-7H2,(H,19,22)(H,20,21). The summed E-state index contributed by atoms with van der Waals surface area (Å²) in [6.07, 6.45) is 1.81. The van der Waals surface area contributed by atoms with Crippen molar-refractivity contribution < 1.29 is 9.47 Å². The van der Waals surface area contributed by atoms with E-state index in [0.717, 1.165) is 44.5 Å². The fourth-order valence-corrected chi connectivity index (χ4v) is 3.59. The van der Waals surface area contributed by atoms with Crippen molar-refractivity contribution in [2.45, 2.75) is 0 Å². The lowest BCUT2D eigenvalue weighted by molar-refractivity contribution is 0.171. The molecule has 2 aromatic heterocycles. The third kappa shape index (κ3) is 2.58. The lowest BCUT2D eigenvalue weighted by Gasteiger charge is -2.18. The van der Waals surface area contributed by atoms with Crippen LogP contribution >= 0.6 is 11.3 Å². The van der Waals surface area contributed by atoms with Gasteiger partial charge in [0.25, 0.3) is 0 Å². The SMILES string of the molecule is c1cc(Nc2nc(-c3ccc4c(c3)OCCO4)cs2)c2cn[nH]c2c1. The summed E-state index contributed by atoms with van der Waals surface area (Å²) >= 11 is 1.56. The van der Waals surface area contributed by atoms with Gasteiger partial charge in [0.05, 0.1) is 23.1 Å². The fourth-order valence-electron chi connectivity index (χ4n) is 2.86. The second-order valence-electron chi connectivity index (χ2n) is 5.66. The summed E-state index contributed by atoms with van der Waals surface area (Å²) < 4.78 is 11.2. The Kier molecular flexibility index (Phi) is 3.31. The van der Waals surface area contributed by atoms with E-state index in [2.05, 4.69) is 15.5 Å². The van der Waals surface area contributed by atoms with Gasteiger partial charge in [-0.1, -0.05) is 6.07 Å². The molecule has 1 aliphatic heterocycles. The lowest BCUT2D eigenvalue weighted by atomic mass is 10.1. The van der Waals surface area contributed by atoms with E-state index in [-0.39, 0.29) is 0 Å². The topological polar surface area (TPSA) is 72.1 Å². The van der Waals surface area contributed by atoms with E-state index in [9.17, 15) is 0 Å². The molecule has 0 fully saturated rings. The molecule has 0 atom stereocenters. The molecule has 3 heterocycles. The summed E-state index contributed by atoms with van der Waals surface area (Å²) in [5.41, 5.74) is 3.89. The molecule has 7 heteroatoms. The highest BCUT2D eigenvalue weighted by molar-refractivity contribution is 7.14. The average molecular weight is 350 g/mol. The molecule has 1 aliphatic rings. The van der Waals surface area contributed by atoms with Gasteiger partial charge in [0, 0.05) is 16.3 Å². The van der Waals surface area contributed by atoms with Crippen molar-refractivity contribution in [2.24, 2.45) is 0 Å². The van der Waals surface area contributed by atoms with Crippen molar-refractivity contribution in [1.82, 2.24) is 15.2 Å². The zero-order valence-corrected chi connectivity index (χ0v) is 14.0. The molecule has 0 aliphatic carbocycles. The maximum atomic E-state index is 5.65. The molecule has 6 nitrogen and oxygen atoms in total. The largest absolute Gasteiger partial charge is 0.486 e. The van der Waals surface area contributed by atoms with Gasteiger partial charge >= 0.3 is 0 Å². The maximum Gasteiger partial charge on any atom is 0.187 e. The van der Waals surface area contributed by atoms with Crippen molar-refractivity contribution in [3.05, 3.63) is 48.0 Å². The molecule has 5 rings (SSSR count). The predicted molar refractivity (Wildman–Crippen MR) is 97.9 cm³/mol. The fraction of sp³-hybridized carbons (Fsp3) is 0.111. The molecule has 4 aromatic rings. The van der Waals surface area contributed by atoms with Gasteiger partial charge in [0.1, 0.15) is 13.2 Å². The first kappa shape index (κ1) is 14.3. The molecule has 0 saturated heterocycles. The lowest BCUT2D eigenvalue weighted by Crippen LogP contribution is -2.15. The number of thiazole rings is 1. The van der Waals surface area contributed by atoms with E-state index >= 15 is 0 Å². The second-order valence-corrected chi connectivity index (χ2v) is 6.52. The molecule has 0 bridgehead atoms. The number of hydrogen-bond acceptors (Lipinski definition) is 6. The van der Waals surface area contributed by atoms with Gasteiger partial charge in [-0.3, -0.25) is 5.10 Å². The number of aromatic amines is 1. The van der Waals surface area contributed by atoms with Crippen LogP contribution < -0.4 is 14.8 Å². The molecule has 0 radical (unpaired) electrons. The maximum absolute atomic E-state index is 5.65. The van der Waals surface area contributed by atoms with Gasteiger partial charge in [0.2, 0.25) is 0 Å². The molecule has 0 saturated carbocycles. The van der Waals surface area contributed by atoms with E-state index in [1.54, 1.807) is 11.3 Å². The number of fused-ring (bicyclic) bond motifs is 2. The van der Waals surface area contributed by atoms with Crippen LogP contribution in [-0.2, 0) is 0 Å². The third-order valence-electron chi connectivity index (χ3n) is 4.07. The molecule has 0 spiro atoms. The number of anilines is 2. The van der Waals surface area contributed by atoms with Crippen LogP contribution in [0.1, 0.15) is 0 Å². The number of aromatic nitrogens is 3. The molecule has 124 valence electrons. The summed E-state index contributed by atoms with van der Waals surface area (Å²) in [5, 5.41) is 14.3. The Bertz CT molecular complexity index is 1060. The van der Waals surface area contributed by atoms with Crippen molar-refractivity contribution in [3.8, 4) is 22.8 Å². The zero-order chi connectivity index (χ0) is 16.6. The Balaban J connectivity index is 1.45. The molecular weight excluding hydrogens is 336 g/mol. The monoisotopic (exact) mass is 350 g/mol. The summed E-state index contributed by atoms with van der Waals surface area (Å²) in [6.45, 7) is 1.17. The van der Waals surface area contributed by atoms with E-state index in [1.807, 2.05) is 48.0 Å². The van der Waals surface area contributed by atoms with E-state index in [1.165, 1.54) is 0 Å². The molecular formula is C18H14N4O2S. The Morgan fingerprint density at radius 2 is 2.00 bits per heavy atom. The minimum absolute atomic E-state index is 0.578. The first-order valence-corrected chi connectivity index (χ1v) is 8.79. The summed E-state index contributed by atoms with van der Waals surface area (Å²) in [5.74, 6) is 1.56. The first-order valence-electron chi connectivity index (χ1n) is 7.91. The van der Waals surface area contributed by atoms with Crippen LogP contribution in [0, 0.1) is 0 Å². The normalized spacial score (nSPS) is 13.1. The number of ether oxygens (including phenoxy) is 2. The second kappa shape index (κ2) is 5.78. The molecule has 0 unspecified atom stereocenters. The summed E-state index contributed by atoms with van der Waals surface area (Å²) in [7, 11) is 0. The highest BCUT2D eigenvalue weighted by Crippen LogP contribution is 2.36. The Morgan fingerprint density at radius 3 is 2.96 bits per heavy atom. The average Bonchev–Trinajstić information content (AvgIpc) is 3.31. The van der Waals surface area contributed by atoms with Gasteiger partial charge in [-0.15, -0.1) is 11.3 Å².